The molecule has 4 heteroatoms. The van der Waals surface area contributed by atoms with Crippen molar-refractivity contribution in [2.24, 2.45) is 5.92 Å². The molecule has 102 valence electrons. The van der Waals surface area contributed by atoms with Gasteiger partial charge in [0.15, 0.2) is 0 Å². The minimum absolute atomic E-state index is 0.334. The molecule has 1 saturated carbocycles. The monoisotopic (exact) mass is 262 g/mol. The number of hydrogen-bond acceptors (Lipinski definition) is 3. The maximum Gasteiger partial charge on any atom is 0.129 e. The fraction of sp³-hybridized carbons (Fsp3) is 0.533. The molecule has 0 aliphatic heterocycles. The van der Waals surface area contributed by atoms with Crippen molar-refractivity contribution in [3.05, 3.63) is 35.6 Å². The Hall–Kier alpha value is -1.44. The second-order valence-corrected chi connectivity index (χ2v) is 5.15. The zero-order valence-corrected chi connectivity index (χ0v) is 10.9. The molecule has 0 bridgehead atoms. The van der Waals surface area contributed by atoms with Crippen LogP contribution in [0.15, 0.2) is 24.3 Å². The van der Waals surface area contributed by atoms with Gasteiger partial charge in [-0.1, -0.05) is 18.2 Å². The van der Waals surface area contributed by atoms with Crippen LogP contribution in [-0.4, -0.2) is 29.6 Å². The van der Waals surface area contributed by atoms with E-state index in [0.717, 1.165) is 6.54 Å². The van der Waals surface area contributed by atoms with E-state index in [9.17, 15) is 9.50 Å². The summed E-state index contributed by atoms with van der Waals surface area (Å²) < 4.78 is 13.6. The average Bonchev–Trinajstić information content (AvgIpc) is 3.20. The van der Waals surface area contributed by atoms with E-state index in [1.54, 1.807) is 18.2 Å². The lowest BCUT2D eigenvalue weighted by Crippen LogP contribution is -2.31. The van der Waals surface area contributed by atoms with Crippen molar-refractivity contribution in [2.75, 3.05) is 19.6 Å². The third-order valence-electron chi connectivity index (χ3n) is 3.45. The Morgan fingerprint density at radius 1 is 1.42 bits per heavy atom. The first kappa shape index (κ1) is 14.0. The van der Waals surface area contributed by atoms with Crippen LogP contribution in [0.25, 0.3) is 0 Å². The summed E-state index contributed by atoms with van der Waals surface area (Å²) in [6.07, 6.45) is 2.05. The third-order valence-corrected chi connectivity index (χ3v) is 3.45. The standard InChI is InChI=1S/C15H19FN2O/c16-14-5-2-1-4-13(14)15(19)11-18(9-3-8-17)10-12-6-7-12/h1-2,4-5,12,15,19H,3,6-7,9-11H2. The summed E-state index contributed by atoms with van der Waals surface area (Å²) in [6.45, 7) is 1.92. The summed E-state index contributed by atoms with van der Waals surface area (Å²) in [4.78, 5) is 2.07. The van der Waals surface area contributed by atoms with Crippen molar-refractivity contribution in [3.8, 4) is 6.07 Å². The average molecular weight is 262 g/mol. The molecule has 1 N–H and O–H groups in total. The first-order valence-corrected chi connectivity index (χ1v) is 6.72. The molecule has 1 fully saturated rings. The van der Waals surface area contributed by atoms with E-state index < -0.39 is 6.10 Å². The number of nitrogens with zero attached hydrogens (tertiary/aromatic N) is 2. The van der Waals surface area contributed by atoms with E-state index >= 15 is 0 Å². The fourth-order valence-corrected chi connectivity index (χ4v) is 2.22. The largest absolute Gasteiger partial charge is 0.387 e. The molecule has 1 atom stereocenters. The predicted octanol–water partition coefficient (Wildman–Crippen LogP) is 2.48. The predicted molar refractivity (Wildman–Crippen MR) is 70.8 cm³/mol. The van der Waals surface area contributed by atoms with Gasteiger partial charge in [0.05, 0.1) is 12.2 Å². The molecular formula is C15H19FN2O. The van der Waals surface area contributed by atoms with Gasteiger partial charge in [0.25, 0.3) is 0 Å². The molecule has 1 unspecified atom stereocenters. The van der Waals surface area contributed by atoms with Gasteiger partial charge in [0, 0.05) is 31.6 Å². The Labute approximate surface area is 113 Å². The molecule has 1 aliphatic carbocycles. The van der Waals surface area contributed by atoms with Crippen molar-refractivity contribution in [3.63, 3.8) is 0 Å². The molecular weight excluding hydrogens is 243 g/mol. The lowest BCUT2D eigenvalue weighted by molar-refractivity contribution is 0.108. The van der Waals surface area contributed by atoms with Crippen molar-refractivity contribution < 1.29 is 9.50 Å². The van der Waals surface area contributed by atoms with Gasteiger partial charge >= 0.3 is 0 Å². The van der Waals surface area contributed by atoms with Gasteiger partial charge in [0.1, 0.15) is 5.82 Å². The Bertz CT molecular complexity index is 454. The van der Waals surface area contributed by atoms with Crippen LogP contribution in [0.4, 0.5) is 4.39 Å². The first-order chi connectivity index (χ1) is 9.20. The smallest absolute Gasteiger partial charge is 0.129 e. The minimum atomic E-state index is -0.835. The number of nitriles is 1. The quantitative estimate of drug-likeness (QED) is 0.821. The molecule has 0 spiro atoms. The van der Waals surface area contributed by atoms with Crippen molar-refractivity contribution >= 4 is 0 Å². The Kier molecular flexibility index (Phi) is 4.89. The second kappa shape index (κ2) is 6.65. The summed E-state index contributed by atoms with van der Waals surface area (Å²) in [6, 6.07) is 8.43. The SMILES string of the molecule is N#CCCN(CC1CC1)CC(O)c1ccccc1F. The molecule has 0 radical (unpaired) electrons. The van der Waals surface area contributed by atoms with Gasteiger partial charge < -0.3 is 5.11 Å². The van der Waals surface area contributed by atoms with Gasteiger partial charge in [-0.15, -0.1) is 0 Å². The maximum absolute atomic E-state index is 13.6. The summed E-state index contributed by atoms with van der Waals surface area (Å²) in [5.41, 5.74) is 0.334. The minimum Gasteiger partial charge on any atom is -0.387 e. The maximum atomic E-state index is 13.6. The molecule has 0 aromatic heterocycles. The summed E-state index contributed by atoms with van der Waals surface area (Å²) in [5.74, 6) is 0.313. The number of halogens is 1. The highest BCUT2D eigenvalue weighted by atomic mass is 19.1. The normalized spacial score (nSPS) is 16.3. The highest BCUT2D eigenvalue weighted by Crippen LogP contribution is 2.30. The van der Waals surface area contributed by atoms with E-state index in [1.165, 1.54) is 18.9 Å². The molecule has 1 aromatic carbocycles. The molecule has 3 nitrogen and oxygen atoms in total. The van der Waals surface area contributed by atoms with Crippen molar-refractivity contribution in [1.82, 2.24) is 4.90 Å². The van der Waals surface area contributed by atoms with Crippen LogP contribution in [0, 0.1) is 23.1 Å². The topological polar surface area (TPSA) is 47.3 Å². The molecule has 1 aliphatic rings. The van der Waals surface area contributed by atoms with Gasteiger partial charge in [-0.25, -0.2) is 4.39 Å². The second-order valence-electron chi connectivity index (χ2n) is 5.15. The van der Waals surface area contributed by atoms with Gasteiger partial charge in [-0.2, -0.15) is 5.26 Å². The first-order valence-electron chi connectivity index (χ1n) is 6.72. The Morgan fingerprint density at radius 3 is 2.79 bits per heavy atom. The highest BCUT2D eigenvalue weighted by Gasteiger charge is 2.25. The van der Waals surface area contributed by atoms with Gasteiger partial charge in [0.2, 0.25) is 0 Å². The van der Waals surface area contributed by atoms with Crippen LogP contribution in [0.3, 0.4) is 0 Å². The van der Waals surface area contributed by atoms with Crippen LogP contribution < -0.4 is 0 Å². The molecule has 19 heavy (non-hydrogen) atoms. The molecule has 1 aromatic rings. The zero-order valence-electron chi connectivity index (χ0n) is 10.9. The van der Waals surface area contributed by atoms with E-state index in [2.05, 4.69) is 11.0 Å². The number of hydrogen-bond donors (Lipinski definition) is 1. The lowest BCUT2D eigenvalue weighted by Gasteiger charge is -2.24. The highest BCUT2D eigenvalue weighted by molar-refractivity contribution is 5.20. The Morgan fingerprint density at radius 2 is 2.16 bits per heavy atom. The third kappa shape index (κ3) is 4.30. The lowest BCUT2D eigenvalue weighted by atomic mass is 10.1. The van der Waals surface area contributed by atoms with E-state index in [1.807, 2.05) is 0 Å². The van der Waals surface area contributed by atoms with Crippen LogP contribution in [0.5, 0.6) is 0 Å². The van der Waals surface area contributed by atoms with E-state index in [-0.39, 0.29) is 5.82 Å². The van der Waals surface area contributed by atoms with Crippen LogP contribution in [0.1, 0.15) is 30.9 Å². The van der Waals surface area contributed by atoms with Gasteiger partial charge in [-0.05, 0) is 24.8 Å². The molecule has 2 rings (SSSR count). The fourth-order valence-electron chi connectivity index (χ4n) is 2.22. The van der Waals surface area contributed by atoms with Crippen LogP contribution >= 0.6 is 0 Å². The van der Waals surface area contributed by atoms with Crippen LogP contribution in [-0.2, 0) is 0 Å². The van der Waals surface area contributed by atoms with E-state index in [0.29, 0.717) is 31.0 Å². The molecule has 0 saturated heterocycles. The summed E-state index contributed by atoms with van der Waals surface area (Å²) in [7, 11) is 0. The van der Waals surface area contributed by atoms with Gasteiger partial charge in [-0.3, -0.25) is 4.90 Å². The summed E-state index contributed by atoms with van der Waals surface area (Å²) in [5, 5.41) is 18.8. The number of aliphatic hydroxyl groups is 1. The number of rotatable bonds is 7. The molecule has 0 amide bonds. The zero-order chi connectivity index (χ0) is 13.7. The number of benzene rings is 1. The molecule has 0 heterocycles. The number of aliphatic hydroxyl groups excluding tert-OH is 1. The van der Waals surface area contributed by atoms with Crippen LogP contribution in [0.2, 0.25) is 0 Å². The van der Waals surface area contributed by atoms with E-state index in [4.69, 9.17) is 5.26 Å². The Balaban J connectivity index is 1.95. The van der Waals surface area contributed by atoms with Crippen molar-refractivity contribution in [2.45, 2.75) is 25.4 Å². The summed E-state index contributed by atoms with van der Waals surface area (Å²) >= 11 is 0. The van der Waals surface area contributed by atoms with Crippen molar-refractivity contribution in [1.29, 1.82) is 5.26 Å².